The Hall–Kier alpha value is -2.57. The van der Waals surface area contributed by atoms with Crippen molar-refractivity contribution in [2.75, 3.05) is 0 Å². The summed E-state index contributed by atoms with van der Waals surface area (Å²) in [6.45, 7) is 15.9. The van der Waals surface area contributed by atoms with Gasteiger partial charge in [-0.25, -0.2) is 6.07 Å². The van der Waals surface area contributed by atoms with Crippen LogP contribution in [0.1, 0.15) is 89.1 Å². The third-order valence-electron chi connectivity index (χ3n) is 8.11. The SMILES string of the molecule is CC(C)(C)c1ccc2c(c1)[cH-]c1cc(C(C)(C)C)ccc12.CCCCc1cc[cH-]c1.[Cl-].[Cl-].[Zr+2]=[C](c1ccccc1)c1ccccc1. The van der Waals surface area contributed by atoms with E-state index < -0.39 is 0 Å². The van der Waals surface area contributed by atoms with Crippen molar-refractivity contribution in [3.63, 3.8) is 0 Å². The number of hydrogen-bond acceptors (Lipinski definition) is 0. The number of unbranched alkanes of at least 4 members (excludes halogenated alkanes) is 1. The zero-order valence-corrected chi connectivity index (χ0v) is 32.5. The molecular weight excluding hydrogens is 679 g/mol. The fraction of sp³-hybridized carbons (Fsp3) is 0.279. The molecule has 0 unspecified atom stereocenters. The zero-order valence-electron chi connectivity index (χ0n) is 28.5. The molecule has 0 radical (unpaired) electrons. The summed E-state index contributed by atoms with van der Waals surface area (Å²) in [5.74, 6) is 0. The number of hydrogen-bond donors (Lipinski definition) is 0. The zero-order chi connectivity index (χ0) is 31.7. The van der Waals surface area contributed by atoms with Gasteiger partial charge in [0.15, 0.2) is 0 Å². The number of rotatable bonds is 5. The third kappa shape index (κ3) is 11.0. The first-order chi connectivity index (χ1) is 21.0. The molecule has 6 aromatic carbocycles. The molecular formula is C43H48Cl2Zr-2. The molecule has 0 aliphatic rings. The Morgan fingerprint density at radius 3 is 1.46 bits per heavy atom. The number of aryl methyl sites for hydroxylation is 1. The van der Waals surface area contributed by atoms with Gasteiger partial charge in [-0.15, -0.1) is 39.7 Å². The first-order valence-corrected chi connectivity index (χ1v) is 17.2. The van der Waals surface area contributed by atoms with Gasteiger partial charge >= 0.3 is 99.2 Å². The predicted octanol–water partition coefficient (Wildman–Crippen LogP) is 5.87. The molecule has 0 nitrogen and oxygen atoms in total. The van der Waals surface area contributed by atoms with Crippen LogP contribution in [0, 0.1) is 0 Å². The van der Waals surface area contributed by atoms with Crippen LogP contribution in [-0.2, 0) is 41.5 Å². The summed E-state index contributed by atoms with van der Waals surface area (Å²) in [4.78, 5) is 0. The summed E-state index contributed by atoms with van der Waals surface area (Å²) in [5.41, 5.74) is 7.36. The maximum atomic E-state index is 2.35. The molecule has 0 aromatic heterocycles. The van der Waals surface area contributed by atoms with E-state index in [4.69, 9.17) is 0 Å². The van der Waals surface area contributed by atoms with Crippen LogP contribution in [-0.4, -0.2) is 3.21 Å². The van der Waals surface area contributed by atoms with Gasteiger partial charge in [-0.3, -0.25) is 0 Å². The van der Waals surface area contributed by atoms with Crippen LogP contribution in [0.4, 0.5) is 0 Å². The summed E-state index contributed by atoms with van der Waals surface area (Å²) in [6.07, 6.45) is 3.87. The molecule has 0 spiro atoms. The maximum absolute atomic E-state index is 2.35. The fourth-order valence-electron chi connectivity index (χ4n) is 5.29. The molecule has 0 fully saturated rings. The second kappa shape index (κ2) is 18.1. The van der Waals surface area contributed by atoms with Gasteiger partial charge in [-0.2, -0.15) is 23.8 Å². The van der Waals surface area contributed by atoms with Crippen LogP contribution in [0.15, 0.2) is 127 Å². The summed E-state index contributed by atoms with van der Waals surface area (Å²) in [5, 5.41) is 5.48. The molecule has 0 saturated carbocycles. The van der Waals surface area contributed by atoms with E-state index >= 15 is 0 Å². The Morgan fingerprint density at radius 2 is 1.09 bits per heavy atom. The van der Waals surface area contributed by atoms with E-state index in [0.29, 0.717) is 0 Å². The molecule has 0 bridgehead atoms. The van der Waals surface area contributed by atoms with Crippen molar-refractivity contribution in [1.29, 1.82) is 0 Å². The van der Waals surface area contributed by atoms with E-state index in [1.807, 2.05) is 0 Å². The van der Waals surface area contributed by atoms with Crippen LogP contribution in [0.2, 0.25) is 0 Å². The summed E-state index contributed by atoms with van der Waals surface area (Å²) in [7, 11) is 0. The Bertz CT molecular complexity index is 1640. The van der Waals surface area contributed by atoms with Crippen LogP contribution >= 0.6 is 0 Å². The molecule has 6 rings (SSSR count). The monoisotopic (exact) mass is 724 g/mol. The molecule has 0 saturated heterocycles. The van der Waals surface area contributed by atoms with Crippen molar-refractivity contribution >= 4 is 24.8 Å². The van der Waals surface area contributed by atoms with Crippen molar-refractivity contribution in [1.82, 2.24) is 0 Å². The van der Waals surface area contributed by atoms with Gasteiger partial charge in [-0.05, 0) is 10.8 Å². The summed E-state index contributed by atoms with van der Waals surface area (Å²) in [6, 6.07) is 45.9. The minimum atomic E-state index is 0. The quantitative estimate of drug-likeness (QED) is 0.195. The molecule has 0 heterocycles. The van der Waals surface area contributed by atoms with Crippen molar-refractivity contribution < 1.29 is 49.0 Å². The van der Waals surface area contributed by atoms with Crippen molar-refractivity contribution in [3.05, 3.63) is 155 Å². The molecule has 0 atom stereocenters. The Labute approximate surface area is 305 Å². The molecule has 46 heavy (non-hydrogen) atoms. The average Bonchev–Trinajstić information content (AvgIpc) is 3.67. The van der Waals surface area contributed by atoms with Crippen LogP contribution in [0.3, 0.4) is 0 Å². The molecule has 3 heteroatoms. The van der Waals surface area contributed by atoms with Gasteiger partial charge in [0, 0.05) is 0 Å². The number of halogens is 2. The van der Waals surface area contributed by atoms with E-state index in [1.165, 1.54) is 96.1 Å². The molecule has 0 N–H and O–H groups in total. The van der Waals surface area contributed by atoms with Gasteiger partial charge in [0.25, 0.3) is 0 Å². The number of fused-ring (bicyclic) bond motifs is 3. The first kappa shape index (κ1) is 39.6. The number of benzene rings is 4. The Balaban J connectivity index is 0.000000256. The van der Waals surface area contributed by atoms with Crippen molar-refractivity contribution in [2.45, 2.75) is 78.6 Å². The molecule has 0 aliphatic heterocycles. The van der Waals surface area contributed by atoms with Gasteiger partial charge in [0.2, 0.25) is 0 Å². The third-order valence-corrected chi connectivity index (χ3v) is 9.53. The van der Waals surface area contributed by atoms with Gasteiger partial charge in [0.1, 0.15) is 0 Å². The van der Waals surface area contributed by atoms with E-state index in [2.05, 4.69) is 176 Å². The molecule has 6 aromatic rings. The summed E-state index contributed by atoms with van der Waals surface area (Å²) < 4.78 is 1.42. The van der Waals surface area contributed by atoms with E-state index in [0.717, 1.165) is 0 Å². The van der Waals surface area contributed by atoms with Gasteiger partial charge < -0.3 is 24.8 Å². The van der Waals surface area contributed by atoms with E-state index in [9.17, 15) is 0 Å². The minimum absolute atomic E-state index is 0. The topological polar surface area (TPSA) is 0 Å². The van der Waals surface area contributed by atoms with Crippen LogP contribution in [0.25, 0.3) is 21.5 Å². The Morgan fingerprint density at radius 1 is 0.630 bits per heavy atom. The first-order valence-electron chi connectivity index (χ1n) is 16.0. The normalized spacial score (nSPS) is 11.0. The molecule has 0 aliphatic carbocycles. The Kier molecular flexibility index (Phi) is 15.6. The van der Waals surface area contributed by atoms with Gasteiger partial charge in [0.05, 0.1) is 0 Å². The van der Waals surface area contributed by atoms with Crippen LogP contribution in [0.5, 0.6) is 0 Å². The predicted molar refractivity (Wildman–Crippen MR) is 191 cm³/mol. The fourth-order valence-corrected chi connectivity index (χ4v) is 6.11. The average molecular weight is 727 g/mol. The second-order valence-electron chi connectivity index (χ2n) is 13.8. The summed E-state index contributed by atoms with van der Waals surface area (Å²) >= 11 is 1.46. The molecule has 0 amide bonds. The van der Waals surface area contributed by atoms with Crippen molar-refractivity contribution in [2.24, 2.45) is 0 Å². The van der Waals surface area contributed by atoms with Gasteiger partial charge in [-0.1, -0.05) is 103 Å². The van der Waals surface area contributed by atoms with Crippen LogP contribution < -0.4 is 24.8 Å². The van der Waals surface area contributed by atoms with E-state index in [-0.39, 0.29) is 35.6 Å². The molecule has 240 valence electrons. The van der Waals surface area contributed by atoms with E-state index in [1.54, 1.807) is 0 Å². The standard InChI is InChI=1S/C21H25.C13H10.C9H13.2ClH.Zr/c1-20(2,3)16-7-9-18-14(12-16)11-15-13-17(21(4,5)6)8-10-19(15)18;1-3-7-12(8-4-1)11-13-9-5-2-6-10-13;1-2-3-6-9-7-4-5-8-9;;;/h7-13H,1-6H3;1-10H;4-5,7-8H,2-3,6H2,1H3;2*1H;/q-1;;-1;;;+2/p-2. The second-order valence-corrected chi connectivity index (χ2v) is 15.0. The van der Waals surface area contributed by atoms with Crippen molar-refractivity contribution in [3.8, 4) is 0 Å².